The third kappa shape index (κ3) is 7.76. The summed E-state index contributed by atoms with van der Waals surface area (Å²) in [5, 5.41) is 5.34. The highest BCUT2D eigenvalue weighted by Gasteiger charge is 2.17. The Morgan fingerprint density at radius 2 is 1.83 bits per heavy atom. The zero-order valence-electron chi connectivity index (χ0n) is 14.2. The largest absolute Gasteiger partial charge is 0.353 e. The molecule has 0 aliphatic rings. The molecule has 0 unspecified atom stereocenters. The smallest absolute Gasteiger partial charge is 0.239 e. The van der Waals surface area contributed by atoms with E-state index in [0.29, 0.717) is 6.54 Å². The molecule has 0 radical (unpaired) electrons. The molecule has 0 bridgehead atoms. The molecule has 4 N–H and O–H groups in total. The van der Waals surface area contributed by atoms with Gasteiger partial charge in [0.25, 0.3) is 0 Å². The minimum Gasteiger partial charge on any atom is -0.353 e. The number of benzene rings is 1. The summed E-state index contributed by atoms with van der Waals surface area (Å²) in [6.07, 6.45) is 0. The number of likely N-dealkylation sites (N-methyl/N-ethyl adjacent to an activating group) is 1. The number of nitrogens with one attached hydrogen (secondary N) is 2. The zero-order valence-corrected chi connectivity index (χ0v) is 14.2. The van der Waals surface area contributed by atoms with E-state index in [1.165, 1.54) is 5.56 Å². The second-order valence-electron chi connectivity index (χ2n) is 6.06. The molecule has 6 nitrogen and oxygen atoms in total. The van der Waals surface area contributed by atoms with Crippen LogP contribution in [0.5, 0.6) is 0 Å². The van der Waals surface area contributed by atoms with Gasteiger partial charge in [-0.1, -0.05) is 44.2 Å². The van der Waals surface area contributed by atoms with Crippen LogP contribution >= 0.6 is 0 Å². The Hall–Kier alpha value is -1.92. The number of hydrogen-bond donors (Lipinski definition) is 3. The van der Waals surface area contributed by atoms with Gasteiger partial charge in [0.05, 0.1) is 12.6 Å². The standard InChI is InChI=1S/C17H28N4O2/c1-13(2)16(18)17(23)20-11-15(22)19-9-10-21(3)12-14-7-5-4-6-8-14/h4-8,13,16H,9-12,18H2,1-3H3,(H,19,22)(H,20,23)/t16-/m0/s1. The third-order valence-corrected chi connectivity index (χ3v) is 3.56. The van der Waals surface area contributed by atoms with Gasteiger partial charge in [-0.3, -0.25) is 9.59 Å². The number of nitrogens with two attached hydrogens (primary N) is 1. The van der Waals surface area contributed by atoms with Gasteiger partial charge in [0.2, 0.25) is 11.8 Å². The van der Waals surface area contributed by atoms with Crippen molar-refractivity contribution in [2.75, 3.05) is 26.7 Å². The molecule has 0 aliphatic carbocycles. The Labute approximate surface area is 138 Å². The van der Waals surface area contributed by atoms with Crippen molar-refractivity contribution in [2.24, 2.45) is 11.7 Å². The molecule has 0 spiro atoms. The SMILES string of the molecule is CC(C)[C@H](N)C(=O)NCC(=O)NCCN(C)Cc1ccccc1. The fourth-order valence-electron chi connectivity index (χ4n) is 2.01. The van der Waals surface area contributed by atoms with E-state index in [1.54, 1.807) is 0 Å². The van der Waals surface area contributed by atoms with Crippen LogP contribution in [0, 0.1) is 5.92 Å². The van der Waals surface area contributed by atoms with Gasteiger partial charge in [-0.05, 0) is 18.5 Å². The van der Waals surface area contributed by atoms with Crippen molar-refractivity contribution in [3.05, 3.63) is 35.9 Å². The summed E-state index contributed by atoms with van der Waals surface area (Å²) in [7, 11) is 2.00. The molecule has 0 heterocycles. The highest BCUT2D eigenvalue weighted by Crippen LogP contribution is 2.01. The molecule has 1 aromatic rings. The maximum absolute atomic E-state index is 11.7. The highest BCUT2D eigenvalue weighted by molar-refractivity contribution is 5.87. The van der Waals surface area contributed by atoms with E-state index in [9.17, 15) is 9.59 Å². The van der Waals surface area contributed by atoms with E-state index in [4.69, 9.17) is 5.73 Å². The summed E-state index contributed by atoms with van der Waals surface area (Å²) in [5.41, 5.74) is 6.94. The molecule has 23 heavy (non-hydrogen) atoms. The van der Waals surface area contributed by atoms with Gasteiger partial charge in [-0.2, -0.15) is 0 Å². The first-order chi connectivity index (χ1) is 10.9. The van der Waals surface area contributed by atoms with E-state index in [1.807, 2.05) is 39.1 Å². The molecule has 0 aromatic heterocycles. The van der Waals surface area contributed by atoms with Crippen molar-refractivity contribution in [2.45, 2.75) is 26.4 Å². The number of carbonyl (C=O) groups excluding carboxylic acids is 2. The maximum Gasteiger partial charge on any atom is 0.239 e. The fraction of sp³-hybridized carbons (Fsp3) is 0.529. The first-order valence-electron chi connectivity index (χ1n) is 7.92. The minimum absolute atomic E-state index is 0.0400. The van der Waals surface area contributed by atoms with Crippen LogP contribution in [0.4, 0.5) is 0 Å². The van der Waals surface area contributed by atoms with Crippen molar-refractivity contribution in [3.8, 4) is 0 Å². The Morgan fingerprint density at radius 3 is 2.43 bits per heavy atom. The van der Waals surface area contributed by atoms with Crippen LogP contribution in [-0.4, -0.2) is 49.4 Å². The van der Waals surface area contributed by atoms with Crippen LogP contribution in [0.15, 0.2) is 30.3 Å². The van der Waals surface area contributed by atoms with Crippen LogP contribution in [0.2, 0.25) is 0 Å². The number of rotatable bonds is 9. The van der Waals surface area contributed by atoms with Crippen LogP contribution in [0.25, 0.3) is 0 Å². The highest BCUT2D eigenvalue weighted by atomic mass is 16.2. The fourth-order valence-corrected chi connectivity index (χ4v) is 2.01. The Balaban J connectivity index is 2.17. The second kappa shape index (κ2) is 9.97. The number of carbonyl (C=O) groups is 2. The Kier molecular flexibility index (Phi) is 8.29. The van der Waals surface area contributed by atoms with Crippen molar-refractivity contribution in [1.82, 2.24) is 15.5 Å². The van der Waals surface area contributed by atoms with Crippen molar-refractivity contribution >= 4 is 11.8 Å². The quantitative estimate of drug-likeness (QED) is 0.612. The lowest BCUT2D eigenvalue weighted by Gasteiger charge is -2.17. The summed E-state index contributed by atoms with van der Waals surface area (Å²) in [6, 6.07) is 9.57. The Morgan fingerprint density at radius 1 is 1.17 bits per heavy atom. The molecule has 1 atom stereocenters. The number of nitrogens with zero attached hydrogens (tertiary/aromatic N) is 1. The zero-order chi connectivity index (χ0) is 17.2. The average Bonchev–Trinajstić information content (AvgIpc) is 2.52. The molecule has 1 aromatic carbocycles. The van der Waals surface area contributed by atoms with Gasteiger partial charge in [0.1, 0.15) is 0 Å². The molecule has 6 heteroatoms. The second-order valence-corrected chi connectivity index (χ2v) is 6.06. The van der Waals surface area contributed by atoms with E-state index in [-0.39, 0.29) is 24.3 Å². The summed E-state index contributed by atoms with van der Waals surface area (Å²) in [4.78, 5) is 25.5. The lowest BCUT2D eigenvalue weighted by Crippen LogP contribution is -2.47. The lowest BCUT2D eigenvalue weighted by molar-refractivity contribution is -0.127. The van der Waals surface area contributed by atoms with E-state index >= 15 is 0 Å². The first kappa shape index (κ1) is 19.1. The van der Waals surface area contributed by atoms with Gasteiger partial charge in [-0.15, -0.1) is 0 Å². The summed E-state index contributed by atoms with van der Waals surface area (Å²) in [6.45, 7) is 5.80. The molecule has 1 rings (SSSR count). The van der Waals surface area contributed by atoms with Gasteiger partial charge >= 0.3 is 0 Å². The van der Waals surface area contributed by atoms with Gasteiger partial charge in [0, 0.05) is 19.6 Å². The van der Waals surface area contributed by atoms with E-state index in [2.05, 4.69) is 27.7 Å². The van der Waals surface area contributed by atoms with Crippen molar-refractivity contribution < 1.29 is 9.59 Å². The first-order valence-corrected chi connectivity index (χ1v) is 7.92. The van der Waals surface area contributed by atoms with Crippen molar-refractivity contribution in [1.29, 1.82) is 0 Å². The maximum atomic E-state index is 11.7. The molecule has 0 saturated heterocycles. The third-order valence-electron chi connectivity index (χ3n) is 3.56. The van der Waals surface area contributed by atoms with Crippen molar-refractivity contribution in [3.63, 3.8) is 0 Å². The molecule has 2 amide bonds. The number of amides is 2. The molecule has 0 aliphatic heterocycles. The molecule has 0 fully saturated rings. The van der Waals surface area contributed by atoms with Gasteiger partial charge < -0.3 is 21.3 Å². The lowest BCUT2D eigenvalue weighted by atomic mass is 10.1. The molecule has 128 valence electrons. The Bertz CT molecular complexity index is 491. The van der Waals surface area contributed by atoms with Crippen LogP contribution in [0.3, 0.4) is 0 Å². The predicted octanol–water partition coefficient (Wildman–Crippen LogP) is 0.334. The monoisotopic (exact) mass is 320 g/mol. The minimum atomic E-state index is -0.584. The van der Waals surface area contributed by atoms with Gasteiger partial charge in [0.15, 0.2) is 0 Å². The predicted molar refractivity (Wildman–Crippen MR) is 91.6 cm³/mol. The summed E-state index contributed by atoms with van der Waals surface area (Å²) in [5.74, 6) is -0.455. The molecular weight excluding hydrogens is 292 g/mol. The number of hydrogen-bond acceptors (Lipinski definition) is 4. The summed E-state index contributed by atoms with van der Waals surface area (Å²) >= 11 is 0. The average molecular weight is 320 g/mol. The van der Waals surface area contributed by atoms with E-state index < -0.39 is 6.04 Å². The van der Waals surface area contributed by atoms with Crippen LogP contribution < -0.4 is 16.4 Å². The van der Waals surface area contributed by atoms with Gasteiger partial charge in [-0.25, -0.2) is 0 Å². The van der Waals surface area contributed by atoms with E-state index in [0.717, 1.165) is 13.1 Å². The topological polar surface area (TPSA) is 87.5 Å². The van der Waals surface area contributed by atoms with Crippen LogP contribution in [-0.2, 0) is 16.1 Å². The molecule has 0 saturated carbocycles. The normalized spacial score (nSPS) is 12.3. The summed E-state index contributed by atoms with van der Waals surface area (Å²) < 4.78 is 0. The molecular formula is C17H28N4O2. The van der Waals surface area contributed by atoms with Crippen LogP contribution in [0.1, 0.15) is 19.4 Å².